The van der Waals surface area contributed by atoms with E-state index in [4.69, 9.17) is 4.74 Å². The number of nitrogens with one attached hydrogen (secondary N) is 1. The van der Waals surface area contributed by atoms with E-state index >= 15 is 0 Å². The van der Waals surface area contributed by atoms with Gasteiger partial charge >= 0.3 is 6.09 Å². The summed E-state index contributed by atoms with van der Waals surface area (Å²) in [4.78, 5) is 13.1. The van der Waals surface area contributed by atoms with Crippen molar-refractivity contribution in [2.24, 2.45) is 0 Å². The maximum absolute atomic E-state index is 13.8. The molecule has 22 heavy (non-hydrogen) atoms. The lowest BCUT2D eigenvalue weighted by atomic mass is 10.2. The number of benzene rings is 1. The van der Waals surface area contributed by atoms with Crippen LogP contribution in [0, 0.1) is 11.6 Å². The van der Waals surface area contributed by atoms with Gasteiger partial charge in [-0.2, -0.15) is 0 Å². The maximum atomic E-state index is 13.8. The van der Waals surface area contributed by atoms with Gasteiger partial charge in [0.05, 0.1) is 12.2 Å². The van der Waals surface area contributed by atoms with Crippen molar-refractivity contribution in [3.05, 3.63) is 29.8 Å². The molecule has 8 heteroatoms. The molecular formula is C14H16F4N2O2. The molecule has 0 spiro atoms. The molecule has 0 aromatic heterocycles. The highest BCUT2D eigenvalue weighted by molar-refractivity contribution is 5.84. The molecule has 4 nitrogen and oxygen atoms in total. The van der Waals surface area contributed by atoms with Crippen LogP contribution in [0.1, 0.15) is 13.8 Å². The van der Waals surface area contributed by atoms with Crippen molar-refractivity contribution in [1.29, 1.82) is 0 Å². The molecule has 1 amide bonds. The average Bonchev–Trinajstić information content (AvgIpc) is 2.69. The van der Waals surface area contributed by atoms with Crippen molar-refractivity contribution in [2.75, 3.05) is 18.4 Å². The van der Waals surface area contributed by atoms with Crippen LogP contribution in [0.5, 0.6) is 0 Å². The van der Waals surface area contributed by atoms with Gasteiger partial charge < -0.3 is 4.74 Å². The van der Waals surface area contributed by atoms with E-state index < -0.39 is 36.3 Å². The number of ether oxygens (including phenoxy) is 1. The third-order valence-corrected chi connectivity index (χ3v) is 3.43. The molecule has 1 heterocycles. The number of amides is 1. The molecule has 0 saturated carbocycles. The third kappa shape index (κ3) is 3.68. The maximum Gasteiger partial charge on any atom is 0.412 e. The van der Waals surface area contributed by atoms with Crippen LogP contribution >= 0.6 is 0 Å². The molecule has 1 saturated heterocycles. The van der Waals surface area contributed by atoms with Crippen LogP contribution in [0.3, 0.4) is 0 Å². The van der Waals surface area contributed by atoms with Crippen molar-refractivity contribution < 1.29 is 27.1 Å². The number of anilines is 1. The van der Waals surface area contributed by atoms with Gasteiger partial charge in [-0.25, -0.2) is 22.4 Å². The van der Waals surface area contributed by atoms with E-state index in [-0.39, 0.29) is 18.3 Å². The number of hydrogen-bond donors (Lipinski definition) is 1. The highest BCUT2D eigenvalue weighted by Crippen LogP contribution is 2.31. The van der Waals surface area contributed by atoms with E-state index in [1.807, 2.05) is 5.32 Å². The summed E-state index contributed by atoms with van der Waals surface area (Å²) in [6.07, 6.45) is -2.82. The Labute approximate surface area is 125 Å². The van der Waals surface area contributed by atoms with Crippen molar-refractivity contribution in [1.82, 2.24) is 4.90 Å². The number of carbonyl (C=O) groups is 1. The van der Waals surface area contributed by atoms with Crippen LogP contribution in [-0.2, 0) is 4.74 Å². The Balaban J connectivity index is 2.00. The Bertz CT molecular complexity index is 566. The van der Waals surface area contributed by atoms with E-state index in [9.17, 15) is 22.4 Å². The SMILES string of the molecule is CC(C)N1CC(OC(=O)Nc2ccc(F)cc2F)C(F)(F)C1. The Hall–Kier alpha value is -1.83. The molecule has 0 aliphatic carbocycles. The molecule has 1 fully saturated rings. The molecule has 2 rings (SSSR count). The van der Waals surface area contributed by atoms with E-state index in [1.54, 1.807) is 13.8 Å². The van der Waals surface area contributed by atoms with Gasteiger partial charge in [0.15, 0.2) is 6.10 Å². The highest BCUT2D eigenvalue weighted by atomic mass is 19.3. The van der Waals surface area contributed by atoms with Crippen LogP contribution in [0.25, 0.3) is 0 Å². The molecule has 1 aromatic rings. The Morgan fingerprint density at radius 2 is 2.09 bits per heavy atom. The first-order chi connectivity index (χ1) is 10.2. The first-order valence-corrected chi connectivity index (χ1v) is 6.73. The third-order valence-electron chi connectivity index (χ3n) is 3.43. The summed E-state index contributed by atoms with van der Waals surface area (Å²) in [5, 5.41) is 1.99. The lowest BCUT2D eigenvalue weighted by Crippen LogP contribution is -2.37. The Morgan fingerprint density at radius 1 is 1.41 bits per heavy atom. The lowest BCUT2D eigenvalue weighted by Gasteiger charge is -2.19. The topological polar surface area (TPSA) is 41.6 Å². The highest BCUT2D eigenvalue weighted by Gasteiger charge is 2.51. The summed E-state index contributed by atoms with van der Waals surface area (Å²) in [5.74, 6) is -5.01. The molecule has 1 aliphatic rings. The van der Waals surface area contributed by atoms with Gasteiger partial charge in [-0.1, -0.05) is 0 Å². The monoisotopic (exact) mass is 320 g/mol. The summed E-state index contributed by atoms with van der Waals surface area (Å²) in [7, 11) is 0. The quantitative estimate of drug-likeness (QED) is 0.869. The first-order valence-electron chi connectivity index (χ1n) is 6.73. The molecule has 1 aromatic carbocycles. The number of alkyl halides is 2. The summed E-state index contributed by atoms with van der Waals surface area (Å²) < 4.78 is 58.4. The largest absolute Gasteiger partial charge is 0.438 e. The number of halogens is 4. The van der Waals surface area contributed by atoms with E-state index in [0.717, 1.165) is 12.1 Å². The number of hydrogen-bond acceptors (Lipinski definition) is 3. The van der Waals surface area contributed by atoms with Gasteiger partial charge in [-0.15, -0.1) is 0 Å². The predicted octanol–water partition coefficient (Wildman–Crippen LogP) is 3.24. The van der Waals surface area contributed by atoms with E-state index in [0.29, 0.717) is 6.07 Å². The fraction of sp³-hybridized carbons (Fsp3) is 0.500. The Kier molecular flexibility index (Phi) is 4.60. The molecule has 0 bridgehead atoms. The van der Waals surface area contributed by atoms with Gasteiger partial charge in [-0.3, -0.25) is 10.2 Å². The summed E-state index contributed by atoms with van der Waals surface area (Å²) in [6.45, 7) is 2.90. The molecule has 1 unspecified atom stereocenters. The fourth-order valence-electron chi connectivity index (χ4n) is 2.16. The molecule has 1 atom stereocenters. The fourth-order valence-corrected chi connectivity index (χ4v) is 2.16. The zero-order chi connectivity index (χ0) is 16.5. The predicted molar refractivity (Wildman–Crippen MR) is 71.9 cm³/mol. The minimum Gasteiger partial charge on any atom is -0.438 e. The first kappa shape index (κ1) is 16.5. The van der Waals surface area contributed by atoms with Crippen molar-refractivity contribution in [3.63, 3.8) is 0 Å². The molecule has 1 aliphatic heterocycles. The molecule has 1 N–H and O–H groups in total. The van der Waals surface area contributed by atoms with Gasteiger partial charge in [0, 0.05) is 18.7 Å². The van der Waals surface area contributed by atoms with Crippen LogP contribution < -0.4 is 5.32 Å². The van der Waals surface area contributed by atoms with E-state index in [1.165, 1.54) is 4.90 Å². The molecule has 122 valence electrons. The van der Waals surface area contributed by atoms with Crippen molar-refractivity contribution in [2.45, 2.75) is 31.9 Å². The van der Waals surface area contributed by atoms with Crippen LogP contribution in [0.2, 0.25) is 0 Å². The second kappa shape index (κ2) is 6.12. The number of carbonyl (C=O) groups excluding carboxylic acids is 1. The normalized spacial score (nSPS) is 21.1. The van der Waals surface area contributed by atoms with Gasteiger partial charge in [-0.05, 0) is 26.0 Å². The van der Waals surface area contributed by atoms with Crippen molar-refractivity contribution >= 4 is 11.8 Å². The summed E-state index contributed by atoms with van der Waals surface area (Å²) in [5.41, 5.74) is -0.339. The van der Waals surface area contributed by atoms with Crippen LogP contribution in [0.15, 0.2) is 18.2 Å². The molecular weight excluding hydrogens is 304 g/mol. The average molecular weight is 320 g/mol. The van der Waals surface area contributed by atoms with Gasteiger partial charge in [0.1, 0.15) is 11.6 Å². The second-order valence-electron chi connectivity index (χ2n) is 5.43. The zero-order valence-corrected chi connectivity index (χ0v) is 12.1. The minimum atomic E-state index is -3.18. The lowest BCUT2D eigenvalue weighted by molar-refractivity contribution is -0.0755. The van der Waals surface area contributed by atoms with Crippen LogP contribution in [-0.4, -0.2) is 42.2 Å². The van der Waals surface area contributed by atoms with Crippen LogP contribution in [0.4, 0.5) is 28.0 Å². The van der Waals surface area contributed by atoms with Gasteiger partial charge in [0.25, 0.3) is 5.92 Å². The minimum absolute atomic E-state index is 0.107. The Morgan fingerprint density at radius 3 is 2.64 bits per heavy atom. The summed E-state index contributed by atoms with van der Waals surface area (Å²) in [6, 6.07) is 2.38. The summed E-state index contributed by atoms with van der Waals surface area (Å²) >= 11 is 0. The van der Waals surface area contributed by atoms with Crippen molar-refractivity contribution in [3.8, 4) is 0 Å². The zero-order valence-electron chi connectivity index (χ0n) is 12.1. The number of likely N-dealkylation sites (tertiary alicyclic amines) is 1. The standard InChI is InChI=1S/C14H16F4N2O2/c1-8(2)20-6-12(14(17,18)7-20)22-13(21)19-11-4-3-9(15)5-10(11)16/h3-5,8,12H,6-7H2,1-2H3,(H,19,21). The number of rotatable bonds is 3. The van der Waals surface area contributed by atoms with E-state index in [2.05, 4.69) is 0 Å². The smallest absolute Gasteiger partial charge is 0.412 e. The molecule has 0 radical (unpaired) electrons. The second-order valence-corrected chi connectivity index (χ2v) is 5.43. The van der Waals surface area contributed by atoms with Gasteiger partial charge in [0.2, 0.25) is 0 Å². The number of nitrogens with zero attached hydrogens (tertiary/aromatic N) is 1.